The maximum Gasteiger partial charge on any atom is 0.323 e. The maximum atomic E-state index is 11.7. The van der Waals surface area contributed by atoms with Crippen LogP contribution in [0.25, 0.3) is 0 Å². The summed E-state index contributed by atoms with van der Waals surface area (Å²) in [5, 5.41) is 8.69. The third-order valence-electron chi connectivity index (χ3n) is 2.47. The van der Waals surface area contributed by atoms with Gasteiger partial charge >= 0.3 is 6.01 Å². The molecule has 1 unspecified atom stereocenters. The van der Waals surface area contributed by atoms with Crippen molar-refractivity contribution in [2.45, 2.75) is 40.2 Å². The highest BCUT2D eigenvalue weighted by Gasteiger charge is 2.14. The molecule has 0 bridgehead atoms. The summed E-state index contributed by atoms with van der Waals surface area (Å²) in [6.45, 7) is 9.35. The van der Waals surface area contributed by atoms with Crippen LogP contribution in [0.4, 0.5) is 11.9 Å². The molecule has 1 rings (SSSR count). The first-order valence-corrected chi connectivity index (χ1v) is 7.27. The number of likely N-dealkylation sites (N-methyl/N-ethyl adjacent to an activating group) is 1. The number of nitrogens with zero attached hydrogens (tertiary/aromatic N) is 3. The van der Waals surface area contributed by atoms with E-state index < -0.39 is 6.04 Å². The lowest BCUT2D eigenvalue weighted by molar-refractivity contribution is -0.121. The zero-order valence-corrected chi connectivity index (χ0v) is 13.1. The quantitative estimate of drug-likeness (QED) is 0.625. The van der Waals surface area contributed by atoms with E-state index >= 15 is 0 Å². The number of nitrogens with one attached hydrogen (secondary N) is 3. The van der Waals surface area contributed by atoms with Gasteiger partial charge in [0.05, 0.1) is 6.61 Å². The number of carbonyl (C=O) groups is 1. The zero-order valence-electron chi connectivity index (χ0n) is 13.1. The molecule has 0 aliphatic heterocycles. The summed E-state index contributed by atoms with van der Waals surface area (Å²) in [7, 11) is 0. The Kier molecular flexibility index (Phi) is 7.20. The van der Waals surface area contributed by atoms with Gasteiger partial charge in [0.25, 0.3) is 0 Å². The summed E-state index contributed by atoms with van der Waals surface area (Å²) in [6, 6.07) is -0.200. The number of rotatable bonds is 9. The van der Waals surface area contributed by atoms with Crippen LogP contribution in [0.3, 0.4) is 0 Å². The summed E-state index contributed by atoms with van der Waals surface area (Å²) in [5.74, 6) is 0.619. The van der Waals surface area contributed by atoms with Crippen molar-refractivity contribution in [1.29, 1.82) is 0 Å². The molecule has 0 spiro atoms. The van der Waals surface area contributed by atoms with Crippen LogP contribution in [0.15, 0.2) is 0 Å². The van der Waals surface area contributed by atoms with E-state index in [-0.39, 0.29) is 11.9 Å². The van der Waals surface area contributed by atoms with Crippen molar-refractivity contribution < 1.29 is 9.53 Å². The minimum atomic E-state index is -0.444. The van der Waals surface area contributed by atoms with Gasteiger partial charge < -0.3 is 20.7 Å². The Morgan fingerprint density at radius 2 is 1.86 bits per heavy atom. The van der Waals surface area contributed by atoms with Crippen LogP contribution in [-0.2, 0) is 4.79 Å². The number of hydrogen-bond acceptors (Lipinski definition) is 7. The summed E-state index contributed by atoms with van der Waals surface area (Å²) in [6.07, 6.45) is 0.861. The molecule has 0 aliphatic rings. The molecule has 0 aromatic carbocycles. The van der Waals surface area contributed by atoms with Crippen LogP contribution in [0.5, 0.6) is 6.01 Å². The van der Waals surface area contributed by atoms with Crippen molar-refractivity contribution in [3.8, 4) is 6.01 Å². The monoisotopic (exact) mass is 296 g/mol. The fraction of sp³-hybridized carbons (Fsp3) is 0.692. The maximum absolute atomic E-state index is 11.7. The Bertz CT molecular complexity index is 454. The van der Waals surface area contributed by atoms with Crippen molar-refractivity contribution in [3.63, 3.8) is 0 Å². The molecule has 3 N–H and O–H groups in total. The summed E-state index contributed by atoms with van der Waals surface area (Å²) in [4.78, 5) is 24.2. The van der Waals surface area contributed by atoms with E-state index in [0.29, 0.717) is 31.6 Å². The number of ether oxygens (including phenoxy) is 1. The molecule has 1 aromatic heterocycles. The molecule has 8 nitrogen and oxygen atoms in total. The van der Waals surface area contributed by atoms with E-state index in [4.69, 9.17) is 4.74 Å². The van der Waals surface area contributed by atoms with Crippen LogP contribution in [0.2, 0.25) is 0 Å². The van der Waals surface area contributed by atoms with E-state index in [0.717, 1.165) is 6.42 Å². The van der Waals surface area contributed by atoms with Gasteiger partial charge in [-0.2, -0.15) is 15.0 Å². The predicted molar refractivity (Wildman–Crippen MR) is 81.5 cm³/mol. The smallest absolute Gasteiger partial charge is 0.323 e. The normalized spacial score (nSPS) is 11.6. The molecule has 0 saturated carbocycles. The number of aromatic nitrogens is 3. The van der Waals surface area contributed by atoms with Crippen molar-refractivity contribution >= 4 is 17.8 Å². The summed E-state index contributed by atoms with van der Waals surface area (Å²) in [5.41, 5.74) is 0. The van der Waals surface area contributed by atoms with Crippen LogP contribution in [0.1, 0.15) is 34.1 Å². The molecule has 1 amide bonds. The average Bonchev–Trinajstić information content (AvgIpc) is 2.45. The SMILES string of the molecule is CCCOc1nc(NCC)nc(NC(C)C(=O)NCC)n1. The number of hydrogen-bond donors (Lipinski definition) is 3. The van der Waals surface area contributed by atoms with Gasteiger partial charge in [-0.3, -0.25) is 4.79 Å². The number of anilines is 2. The Morgan fingerprint density at radius 3 is 2.48 bits per heavy atom. The van der Waals surface area contributed by atoms with Crippen molar-refractivity contribution in [1.82, 2.24) is 20.3 Å². The first kappa shape index (κ1) is 16.9. The molecule has 118 valence electrons. The van der Waals surface area contributed by atoms with Gasteiger partial charge in [0, 0.05) is 13.1 Å². The van der Waals surface area contributed by atoms with Crippen LogP contribution in [0, 0.1) is 0 Å². The minimum absolute atomic E-state index is 0.112. The second-order valence-corrected chi connectivity index (χ2v) is 4.40. The molecule has 0 radical (unpaired) electrons. The largest absolute Gasteiger partial charge is 0.463 e. The van der Waals surface area contributed by atoms with Gasteiger partial charge in [0.15, 0.2) is 0 Å². The van der Waals surface area contributed by atoms with Crippen molar-refractivity contribution in [2.75, 3.05) is 30.3 Å². The lowest BCUT2D eigenvalue weighted by Gasteiger charge is -2.14. The van der Waals surface area contributed by atoms with E-state index in [1.165, 1.54) is 0 Å². The van der Waals surface area contributed by atoms with E-state index in [2.05, 4.69) is 30.9 Å². The molecule has 8 heteroatoms. The van der Waals surface area contributed by atoms with Gasteiger partial charge in [-0.1, -0.05) is 6.92 Å². The van der Waals surface area contributed by atoms with Gasteiger partial charge in [-0.15, -0.1) is 0 Å². The van der Waals surface area contributed by atoms with Crippen LogP contribution in [-0.4, -0.2) is 46.6 Å². The second kappa shape index (κ2) is 8.93. The Balaban J connectivity index is 2.83. The molecule has 0 fully saturated rings. The standard InChI is InChI=1S/C13H24N6O2/c1-5-8-21-13-18-11(15-7-3)17-12(19-13)16-9(4)10(20)14-6-2/h9H,5-8H2,1-4H3,(H,14,20)(H2,15,16,17,18,19). The van der Waals surface area contributed by atoms with Gasteiger partial charge in [-0.05, 0) is 27.2 Å². The minimum Gasteiger partial charge on any atom is -0.463 e. The second-order valence-electron chi connectivity index (χ2n) is 4.40. The molecule has 0 saturated heterocycles. The molecule has 1 heterocycles. The third-order valence-corrected chi connectivity index (χ3v) is 2.47. The molecular formula is C13H24N6O2. The average molecular weight is 296 g/mol. The molecular weight excluding hydrogens is 272 g/mol. The highest BCUT2D eigenvalue weighted by atomic mass is 16.5. The number of amides is 1. The highest BCUT2D eigenvalue weighted by Crippen LogP contribution is 2.12. The molecule has 1 aromatic rings. The van der Waals surface area contributed by atoms with Crippen molar-refractivity contribution in [3.05, 3.63) is 0 Å². The zero-order chi connectivity index (χ0) is 15.7. The Hall–Kier alpha value is -2.12. The summed E-state index contributed by atoms with van der Waals surface area (Å²) < 4.78 is 5.43. The van der Waals surface area contributed by atoms with Gasteiger partial charge in [-0.25, -0.2) is 0 Å². The Morgan fingerprint density at radius 1 is 1.14 bits per heavy atom. The van der Waals surface area contributed by atoms with Gasteiger partial charge in [0.1, 0.15) is 6.04 Å². The third kappa shape index (κ3) is 5.80. The van der Waals surface area contributed by atoms with Gasteiger partial charge in [0.2, 0.25) is 17.8 Å². The molecule has 0 aliphatic carbocycles. The lowest BCUT2D eigenvalue weighted by atomic mass is 10.3. The topological polar surface area (TPSA) is 101 Å². The van der Waals surface area contributed by atoms with E-state index in [9.17, 15) is 4.79 Å². The predicted octanol–water partition coefficient (Wildman–Crippen LogP) is 1.03. The molecule has 21 heavy (non-hydrogen) atoms. The fourth-order valence-corrected chi connectivity index (χ4v) is 1.50. The Labute approximate surface area is 125 Å². The van der Waals surface area contributed by atoms with Crippen LogP contribution >= 0.6 is 0 Å². The lowest BCUT2D eigenvalue weighted by Crippen LogP contribution is -2.37. The first-order chi connectivity index (χ1) is 10.1. The highest BCUT2D eigenvalue weighted by molar-refractivity contribution is 5.83. The number of carbonyl (C=O) groups excluding carboxylic acids is 1. The fourth-order valence-electron chi connectivity index (χ4n) is 1.50. The van der Waals surface area contributed by atoms with E-state index in [1.54, 1.807) is 6.92 Å². The summed E-state index contributed by atoms with van der Waals surface area (Å²) >= 11 is 0. The molecule has 1 atom stereocenters. The first-order valence-electron chi connectivity index (χ1n) is 7.27. The van der Waals surface area contributed by atoms with Crippen LogP contribution < -0.4 is 20.7 Å². The van der Waals surface area contributed by atoms with E-state index in [1.807, 2.05) is 20.8 Å². The van der Waals surface area contributed by atoms with Crippen molar-refractivity contribution in [2.24, 2.45) is 0 Å².